The van der Waals surface area contributed by atoms with Crippen LogP contribution in [0.4, 0.5) is 13.2 Å². The lowest BCUT2D eigenvalue weighted by molar-refractivity contribution is -0.141. The number of hydrogen-bond acceptors (Lipinski definition) is 7. The predicted molar refractivity (Wildman–Crippen MR) is 182 cm³/mol. The number of pyridine rings is 1. The number of aromatic nitrogens is 1. The van der Waals surface area contributed by atoms with Crippen LogP contribution in [0, 0.1) is 0 Å². The van der Waals surface area contributed by atoms with Crippen LogP contribution in [0.5, 0.6) is 0 Å². The largest absolute Gasteiger partial charge is 0.433 e. The number of nitrogens with one attached hydrogen (secondary N) is 1. The molecule has 0 bridgehead atoms. The van der Waals surface area contributed by atoms with E-state index in [2.05, 4.69) is 51.7 Å². The van der Waals surface area contributed by atoms with Gasteiger partial charge >= 0.3 is 6.18 Å². The minimum absolute atomic E-state index is 0.00798. The highest BCUT2D eigenvalue weighted by atomic mass is 32.1. The molecule has 1 aromatic carbocycles. The van der Waals surface area contributed by atoms with Gasteiger partial charge in [0.15, 0.2) is 0 Å². The van der Waals surface area contributed by atoms with E-state index < -0.39 is 17.8 Å². The van der Waals surface area contributed by atoms with Gasteiger partial charge in [0.25, 0.3) is 5.91 Å². The number of para-hydroxylation sites is 1. The van der Waals surface area contributed by atoms with Crippen molar-refractivity contribution >= 4 is 39.5 Å². The maximum Gasteiger partial charge on any atom is 0.433 e. The van der Waals surface area contributed by atoms with Gasteiger partial charge in [-0.2, -0.15) is 13.2 Å². The molecule has 2 aliphatic rings. The van der Waals surface area contributed by atoms with Crippen molar-refractivity contribution in [3.8, 4) is 0 Å². The van der Waals surface area contributed by atoms with E-state index in [-0.39, 0.29) is 34.2 Å². The molecule has 0 aliphatic heterocycles. The summed E-state index contributed by atoms with van der Waals surface area (Å²) in [7, 11) is 8.33. The number of halogens is 3. The van der Waals surface area contributed by atoms with Crippen molar-refractivity contribution in [3.63, 3.8) is 0 Å². The lowest BCUT2D eigenvalue weighted by Crippen LogP contribution is -2.53. The standard InChI is InChI=1S/C23H24F3N3OS.C12H20N2S/c1-29(2)22(11-5-6-12-22)20(18-10-7-13-31-18)28-21(30)16-14-19(23(24,25)26)27-17-9-4-3-8-15(16)17;1-14(2)12(7-3-4-8-12)11(13)10-6-5-9-15-10/h3-4,7-10,13-14,20H,5-6,11-12H2,1-2H3,(H,28,30);5-6,9,11H,3-4,7-8,13H2,1-2H3. The molecular weight excluding hydrogens is 628 g/mol. The van der Waals surface area contributed by atoms with Gasteiger partial charge < -0.3 is 20.9 Å². The number of likely N-dealkylation sites (N-methyl/N-ethyl adjacent to an activating group) is 2. The molecule has 1 amide bonds. The summed E-state index contributed by atoms with van der Waals surface area (Å²) in [5, 5.41) is 7.58. The number of carbonyl (C=O) groups excluding carboxylic acids is 1. The number of carbonyl (C=O) groups is 1. The Morgan fingerprint density at radius 1 is 0.848 bits per heavy atom. The number of rotatable bonds is 8. The van der Waals surface area contributed by atoms with Crippen LogP contribution < -0.4 is 11.1 Å². The Morgan fingerprint density at radius 3 is 1.91 bits per heavy atom. The van der Waals surface area contributed by atoms with Crippen molar-refractivity contribution in [3.05, 3.63) is 86.4 Å². The first-order chi connectivity index (χ1) is 21.9. The van der Waals surface area contributed by atoms with E-state index >= 15 is 0 Å². The van der Waals surface area contributed by atoms with Gasteiger partial charge in [0, 0.05) is 26.2 Å². The Hall–Kier alpha value is -2.83. The fourth-order valence-electron chi connectivity index (χ4n) is 7.38. The number of alkyl halides is 3. The van der Waals surface area contributed by atoms with Crippen LogP contribution in [0.2, 0.25) is 0 Å². The number of nitrogens with zero attached hydrogens (tertiary/aromatic N) is 3. The first-order valence-corrected chi connectivity index (χ1v) is 17.6. The number of nitrogens with two attached hydrogens (primary N) is 1. The van der Waals surface area contributed by atoms with Gasteiger partial charge in [-0.3, -0.25) is 4.79 Å². The summed E-state index contributed by atoms with van der Waals surface area (Å²) in [5.74, 6) is -0.518. The van der Waals surface area contributed by atoms with E-state index in [1.807, 2.05) is 31.6 Å². The van der Waals surface area contributed by atoms with Crippen molar-refractivity contribution in [2.45, 2.75) is 80.7 Å². The Balaban J connectivity index is 0.000000232. The molecule has 248 valence electrons. The summed E-state index contributed by atoms with van der Waals surface area (Å²) in [4.78, 5) is 24.0. The van der Waals surface area contributed by atoms with Gasteiger partial charge in [0.1, 0.15) is 5.69 Å². The van der Waals surface area contributed by atoms with Crippen LogP contribution >= 0.6 is 22.7 Å². The van der Waals surface area contributed by atoms with E-state index in [4.69, 9.17) is 5.73 Å². The maximum absolute atomic E-state index is 13.5. The molecular formula is C35H44F3N5OS2. The molecule has 2 aliphatic carbocycles. The molecule has 4 aromatic rings. The van der Waals surface area contributed by atoms with Gasteiger partial charge in [-0.15, -0.1) is 22.7 Å². The highest BCUT2D eigenvalue weighted by Crippen LogP contribution is 2.45. The van der Waals surface area contributed by atoms with Crippen LogP contribution in [0.15, 0.2) is 65.4 Å². The van der Waals surface area contributed by atoms with Crippen molar-refractivity contribution in [2.24, 2.45) is 5.73 Å². The lowest BCUT2D eigenvalue weighted by Gasteiger charge is -2.43. The molecule has 3 N–H and O–H groups in total. The van der Waals surface area contributed by atoms with Crippen LogP contribution in [0.1, 0.15) is 89.3 Å². The van der Waals surface area contributed by atoms with Gasteiger partial charge in [-0.1, -0.05) is 56.0 Å². The molecule has 3 heterocycles. The molecule has 2 atom stereocenters. The minimum Gasteiger partial charge on any atom is -0.343 e. The van der Waals surface area contributed by atoms with Crippen LogP contribution in [-0.4, -0.2) is 60.0 Å². The number of amides is 1. The van der Waals surface area contributed by atoms with E-state index in [0.29, 0.717) is 5.39 Å². The summed E-state index contributed by atoms with van der Waals surface area (Å²) in [6.07, 6.45) is 4.38. The third-order valence-electron chi connectivity index (χ3n) is 10.0. The van der Waals surface area contributed by atoms with Crippen molar-refractivity contribution in [1.29, 1.82) is 0 Å². The summed E-state index contributed by atoms with van der Waals surface area (Å²) >= 11 is 3.33. The molecule has 2 unspecified atom stereocenters. The van der Waals surface area contributed by atoms with Gasteiger partial charge in [-0.25, -0.2) is 4.98 Å². The fraction of sp³-hybridized carbons (Fsp3) is 0.486. The topological polar surface area (TPSA) is 74.5 Å². The second-order valence-electron chi connectivity index (χ2n) is 12.9. The third kappa shape index (κ3) is 6.89. The summed E-state index contributed by atoms with van der Waals surface area (Å²) in [5.41, 5.74) is 5.45. The van der Waals surface area contributed by atoms with Gasteiger partial charge in [-0.05, 0) is 88.9 Å². The zero-order valence-electron chi connectivity index (χ0n) is 26.9. The SMILES string of the molecule is CN(C)C1(C(N)c2cccs2)CCCC1.CN(C)C1(C(NC(=O)c2cc(C(F)(F)F)nc3ccccc23)c2cccs2)CCCC1. The molecule has 6 rings (SSSR count). The monoisotopic (exact) mass is 671 g/mol. The van der Waals surface area contributed by atoms with Crippen LogP contribution in [-0.2, 0) is 6.18 Å². The molecule has 2 fully saturated rings. The third-order valence-corrected chi connectivity index (χ3v) is 11.9. The zero-order chi connectivity index (χ0) is 33.1. The van der Waals surface area contributed by atoms with E-state index in [1.165, 1.54) is 36.6 Å². The van der Waals surface area contributed by atoms with E-state index in [9.17, 15) is 18.0 Å². The highest BCUT2D eigenvalue weighted by molar-refractivity contribution is 7.10. The van der Waals surface area contributed by atoms with Crippen LogP contribution in [0.3, 0.4) is 0 Å². The molecule has 3 aromatic heterocycles. The Morgan fingerprint density at radius 2 is 1.39 bits per heavy atom. The van der Waals surface area contributed by atoms with Gasteiger partial charge in [0.2, 0.25) is 0 Å². The van der Waals surface area contributed by atoms with Crippen molar-refractivity contribution < 1.29 is 18.0 Å². The molecule has 46 heavy (non-hydrogen) atoms. The van der Waals surface area contributed by atoms with Crippen LogP contribution in [0.25, 0.3) is 10.9 Å². The average molecular weight is 672 g/mol. The summed E-state index contributed by atoms with van der Waals surface area (Å²) in [6.45, 7) is 0. The molecule has 0 radical (unpaired) electrons. The van der Waals surface area contributed by atoms with Crippen molar-refractivity contribution in [1.82, 2.24) is 20.1 Å². The smallest absolute Gasteiger partial charge is 0.343 e. The normalized spacial score (nSPS) is 18.8. The molecule has 11 heteroatoms. The second-order valence-corrected chi connectivity index (χ2v) is 14.9. The number of hydrogen-bond donors (Lipinski definition) is 2. The number of fused-ring (bicyclic) bond motifs is 1. The highest BCUT2D eigenvalue weighted by Gasteiger charge is 2.46. The lowest BCUT2D eigenvalue weighted by atomic mass is 9.85. The molecule has 2 saturated carbocycles. The molecule has 6 nitrogen and oxygen atoms in total. The first-order valence-electron chi connectivity index (χ1n) is 15.8. The minimum atomic E-state index is -4.64. The first kappa shape index (κ1) is 34.5. The maximum atomic E-state index is 13.5. The average Bonchev–Trinajstić information content (AvgIpc) is 3.87. The van der Waals surface area contributed by atoms with Crippen molar-refractivity contribution in [2.75, 3.05) is 28.2 Å². The second kappa shape index (κ2) is 14.1. The van der Waals surface area contributed by atoms with E-state index in [1.54, 1.807) is 40.9 Å². The quantitative estimate of drug-likeness (QED) is 0.197. The Kier molecular flexibility index (Phi) is 10.6. The fourth-order valence-corrected chi connectivity index (χ4v) is 9.10. The zero-order valence-corrected chi connectivity index (χ0v) is 28.6. The Bertz CT molecular complexity index is 1580. The molecule has 0 saturated heterocycles. The molecule has 0 spiro atoms. The predicted octanol–water partition coefficient (Wildman–Crippen LogP) is 8.28. The summed E-state index contributed by atoms with van der Waals surface area (Å²) < 4.78 is 40.4. The van der Waals surface area contributed by atoms with Gasteiger partial charge in [0.05, 0.1) is 23.2 Å². The number of benzene rings is 1. The Labute approximate surface area is 277 Å². The number of thiophene rings is 2. The summed E-state index contributed by atoms with van der Waals surface area (Å²) in [6, 6.07) is 15.3. The van der Waals surface area contributed by atoms with E-state index in [0.717, 1.165) is 36.6 Å².